The summed E-state index contributed by atoms with van der Waals surface area (Å²) in [5, 5.41) is 3.23. The van der Waals surface area contributed by atoms with Crippen LogP contribution < -0.4 is 24.3 Å². The van der Waals surface area contributed by atoms with E-state index in [1.54, 1.807) is 58.8 Å². The largest absolute Gasteiger partial charge is 0.497 e. The van der Waals surface area contributed by atoms with Crippen LogP contribution in [-0.2, 0) is 4.79 Å². The maximum Gasteiger partial charge on any atom is 0.264 e. The van der Waals surface area contributed by atoms with Gasteiger partial charge in [-0.1, -0.05) is 12.1 Å². The highest BCUT2D eigenvalue weighted by Gasteiger charge is 2.25. The molecule has 28 heavy (non-hydrogen) atoms. The molecule has 0 bridgehead atoms. The third-order valence-electron chi connectivity index (χ3n) is 3.98. The Balaban J connectivity index is 1.90. The lowest BCUT2D eigenvalue weighted by atomic mass is 10.1. The second-order valence-electron chi connectivity index (χ2n) is 5.60. The second kappa shape index (κ2) is 8.71. The molecule has 8 heteroatoms. The van der Waals surface area contributed by atoms with E-state index in [4.69, 9.17) is 18.9 Å². The van der Waals surface area contributed by atoms with E-state index in [1.807, 2.05) is 12.1 Å². The van der Waals surface area contributed by atoms with Gasteiger partial charge in [-0.25, -0.2) is 4.99 Å². The van der Waals surface area contributed by atoms with Crippen molar-refractivity contribution >= 4 is 34.6 Å². The van der Waals surface area contributed by atoms with Gasteiger partial charge in [0.25, 0.3) is 5.91 Å². The Hall–Kier alpha value is -3.13. The number of para-hydroxylation sites is 1. The van der Waals surface area contributed by atoms with Gasteiger partial charge in [0.1, 0.15) is 17.2 Å². The molecule has 0 aliphatic carbocycles. The van der Waals surface area contributed by atoms with Crippen LogP contribution in [0.1, 0.15) is 5.56 Å². The minimum atomic E-state index is -0.235. The first-order valence-electron chi connectivity index (χ1n) is 8.32. The van der Waals surface area contributed by atoms with Crippen LogP contribution in [0.4, 0.5) is 5.69 Å². The fraction of sp³-hybridized carbons (Fsp3) is 0.200. The minimum absolute atomic E-state index is 0.235. The van der Waals surface area contributed by atoms with Crippen molar-refractivity contribution in [1.82, 2.24) is 5.32 Å². The van der Waals surface area contributed by atoms with Gasteiger partial charge in [-0.3, -0.25) is 4.79 Å². The molecule has 3 rings (SSSR count). The Labute approximate surface area is 167 Å². The molecular weight excluding hydrogens is 380 g/mol. The maximum atomic E-state index is 12.4. The summed E-state index contributed by atoms with van der Waals surface area (Å²) in [7, 11) is 6.26. The lowest BCUT2D eigenvalue weighted by Crippen LogP contribution is -2.19. The number of carbonyl (C=O) groups is 1. The maximum absolute atomic E-state index is 12.4. The monoisotopic (exact) mass is 400 g/mol. The minimum Gasteiger partial charge on any atom is -0.497 e. The Kier molecular flexibility index (Phi) is 6.10. The normalized spacial score (nSPS) is 16.2. The molecule has 1 N–H and O–H groups in total. The van der Waals surface area contributed by atoms with Crippen LogP contribution in [0.25, 0.3) is 6.08 Å². The number of benzene rings is 2. The number of nitrogens with zero attached hydrogens (tertiary/aromatic N) is 1. The summed E-state index contributed by atoms with van der Waals surface area (Å²) in [4.78, 5) is 17.4. The Bertz CT molecular complexity index is 956. The predicted molar refractivity (Wildman–Crippen MR) is 110 cm³/mol. The van der Waals surface area contributed by atoms with Crippen LogP contribution in [-0.4, -0.2) is 39.5 Å². The van der Waals surface area contributed by atoms with Crippen molar-refractivity contribution in [2.75, 3.05) is 28.4 Å². The summed E-state index contributed by atoms with van der Waals surface area (Å²) in [6, 6.07) is 10.8. The first kappa shape index (κ1) is 19.6. The molecule has 2 aromatic carbocycles. The molecule has 1 heterocycles. The van der Waals surface area contributed by atoms with E-state index in [9.17, 15) is 4.79 Å². The molecule has 0 saturated carbocycles. The van der Waals surface area contributed by atoms with E-state index >= 15 is 0 Å². The zero-order valence-electron chi connectivity index (χ0n) is 15.9. The SMILES string of the molecule is COc1ccc(N=C2NC(=O)/C(=C/c3cccc(OC)c3OC)S2)c(OC)c1. The summed E-state index contributed by atoms with van der Waals surface area (Å²) in [6.07, 6.45) is 1.75. The van der Waals surface area contributed by atoms with Crippen molar-refractivity contribution in [2.24, 2.45) is 4.99 Å². The van der Waals surface area contributed by atoms with Gasteiger partial charge >= 0.3 is 0 Å². The summed E-state index contributed by atoms with van der Waals surface area (Å²) in [5.41, 5.74) is 1.33. The molecule has 1 aliphatic heterocycles. The number of methoxy groups -OCH3 is 4. The van der Waals surface area contributed by atoms with Gasteiger partial charge in [0.2, 0.25) is 0 Å². The standard InChI is InChI=1S/C20H20N2O5S/c1-24-13-8-9-14(16(11-13)26-3)21-20-22-19(23)17(28-20)10-12-6-5-7-15(25-2)18(12)27-4/h5-11H,1-4H3,(H,21,22,23)/b17-10-. The van der Waals surface area contributed by atoms with Gasteiger partial charge in [-0.05, 0) is 36.0 Å². The smallest absolute Gasteiger partial charge is 0.264 e. The van der Waals surface area contributed by atoms with Gasteiger partial charge in [0.05, 0.1) is 33.3 Å². The third kappa shape index (κ3) is 4.07. The summed E-state index contributed by atoms with van der Waals surface area (Å²) in [6.45, 7) is 0. The topological polar surface area (TPSA) is 78.4 Å². The van der Waals surface area contributed by atoms with Crippen LogP contribution in [0.5, 0.6) is 23.0 Å². The Morgan fingerprint density at radius 2 is 1.75 bits per heavy atom. The molecule has 1 fully saturated rings. The van der Waals surface area contributed by atoms with Crippen molar-refractivity contribution in [2.45, 2.75) is 0 Å². The fourth-order valence-electron chi connectivity index (χ4n) is 2.63. The third-order valence-corrected chi connectivity index (χ3v) is 4.89. The van der Waals surface area contributed by atoms with Gasteiger partial charge < -0.3 is 24.3 Å². The highest BCUT2D eigenvalue weighted by Crippen LogP contribution is 2.37. The zero-order valence-corrected chi connectivity index (χ0v) is 16.8. The number of aliphatic imine (C=N–C) groups is 1. The molecule has 1 amide bonds. The lowest BCUT2D eigenvalue weighted by Gasteiger charge is -2.10. The number of amides is 1. The molecule has 7 nitrogen and oxygen atoms in total. The number of nitrogens with one attached hydrogen (secondary N) is 1. The summed E-state index contributed by atoms with van der Waals surface area (Å²) < 4.78 is 21.3. The number of thioether (sulfide) groups is 1. The van der Waals surface area contributed by atoms with E-state index in [0.29, 0.717) is 38.8 Å². The number of hydrogen-bond donors (Lipinski definition) is 1. The van der Waals surface area contributed by atoms with E-state index < -0.39 is 0 Å². The van der Waals surface area contributed by atoms with Crippen molar-refractivity contribution < 1.29 is 23.7 Å². The molecule has 0 aromatic heterocycles. The van der Waals surface area contributed by atoms with E-state index in [1.165, 1.54) is 11.8 Å². The molecule has 2 aromatic rings. The summed E-state index contributed by atoms with van der Waals surface area (Å²) >= 11 is 1.24. The van der Waals surface area contributed by atoms with Crippen molar-refractivity contribution in [3.8, 4) is 23.0 Å². The Morgan fingerprint density at radius 1 is 0.964 bits per heavy atom. The average Bonchev–Trinajstić information content (AvgIpc) is 3.06. The van der Waals surface area contributed by atoms with E-state index in [2.05, 4.69) is 10.3 Å². The average molecular weight is 400 g/mol. The summed E-state index contributed by atoms with van der Waals surface area (Å²) in [5.74, 6) is 2.13. The van der Waals surface area contributed by atoms with Gasteiger partial charge in [0, 0.05) is 11.6 Å². The molecule has 1 saturated heterocycles. The molecule has 0 unspecified atom stereocenters. The number of ether oxygens (including phenoxy) is 4. The number of carbonyl (C=O) groups excluding carboxylic acids is 1. The van der Waals surface area contributed by atoms with Crippen molar-refractivity contribution in [1.29, 1.82) is 0 Å². The van der Waals surface area contributed by atoms with Crippen LogP contribution in [0.2, 0.25) is 0 Å². The molecule has 146 valence electrons. The number of amidine groups is 1. The van der Waals surface area contributed by atoms with E-state index in [-0.39, 0.29) is 5.91 Å². The number of rotatable bonds is 6. The Morgan fingerprint density at radius 3 is 2.43 bits per heavy atom. The van der Waals surface area contributed by atoms with E-state index in [0.717, 1.165) is 5.56 Å². The van der Waals surface area contributed by atoms with Gasteiger partial charge in [0.15, 0.2) is 16.7 Å². The predicted octanol–water partition coefficient (Wildman–Crippen LogP) is 3.61. The molecule has 0 atom stereocenters. The quantitative estimate of drug-likeness (QED) is 0.747. The van der Waals surface area contributed by atoms with Crippen molar-refractivity contribution in [3.63, 3.8) is 0 Å². The van der Waals surface area contributed by atoms with Crippen molar-refractivity contribution in [3.05, 3.63) is 46.9 Å². The lowest BCUT2D eigenvalue weighted by molar-refractivity contribution is -0.115. The highest BCUT2D eigenvalue weighted by molar-refractivity contribution is 8.18. The van der Waals surface area contributed by atoms with Crippen LogP contribution >= 0.6 is 11.8 Å². The van der Waals surface area contributed by atoms with Crippen LogP contribution in [0, 0.1) is 0 Å². The number of hydrogen-bond acceptors (Lipinski definition) is 7. The van der Waals surface area contributed by atoms with Gasteiger partial charge in [-0.15, -0.1) is 0 Å². The highest BCUT2D eigenvalue weighted by atomic mass is 32.2. The first-order valence-corrected chi connectivity index (χ1v) is 9.13. The molecule has 0 spiro atoms. The molecule has 1 aliphatic rings. The van der Waals surface area contributed by atoms with Gasteiger partial charge in [-0.2, -0.15) is 0 Å². The fourth-order valence-corrected chi connectivity index (χ4v) is 3.46. The molecule has 0 radical (unpaired) electrons. The van der Waals surface area contributed by atoms with Crippen LogP contribution in [0.3, 0.4) is 0 Å². The first-order chi connectivity index (χ1) is 13.6. The van der Waals surface area contributed by atoms with Crippen LogP contribution in [0.15, 0.2) is 46.3 Å². The zero-order chi connectivity index (χ0) is 20.1. The molecular formula is C20H20N2O5S. The second-order valence-corrected chi connectivity index (χ2v) is 6.63.